The van der Waals surface area contributed by atoms with Crippen molar-refractivity contribution in [1.82, 2.24) is 5.32 Å². The number of aryl methyl sites for hydroxylation is 2. The standard InChI is InChI=1S/C17H26FN/c1-4-19-17(14-8-6-5-7-9-14)16-12(2)10-15(18)11-13(16)3/h10-11,14,17,19H,4-9H2,1-3H3. The molecule has 1 aromatic rings. The molecule has 2 heteroatoms. The van der Waals surface area contributed by atoms with Crippen molar-refractivity contribution in [2.24, 2.45) is 5.92 Å². The molecule has 1 aliphatic carbocycles. The maximum atomic E-state index is 13.5. The third-order valence-corrected chi connectivity index (χ3v) is 4.41. The molecule has 1 N–H and O–H groups in total. The first-order valence-corrected chi connectivity index (χ1v) is 7.63. The minimum atomic E-state index is -0.113. The molecule has 2 rings (SSSR count). The van der Waals surface area contributed by atoms with Crippen LogP contribution in [-0.4, -0.2) is 6.54 Å². The average molecular weight is 263 g/mol. The molecule has 106 valence electrons. The average Bonchev–Trinajstić information content (AvgIpc) is 2.37. The van der Waals surface area contributed by atoms with Gasteiger partial charge in [0.15, 0.2) is 0 Å². The van der Waals surface area contributed by atoms with Gasteiger partial charge in [0.1, 0.15) is 5.82 Å². The molecule has 1 aromatic carbocycles. The quantitative estimate of drug-likeness (QED) is 0.832. The molecule has 1 aliphatic rings. The highest BCUT2D eigenvalue weighted by Crippen LogP contribution is 2.37. The third kappa shape index (κ3) is 3.36. The van der Waals surface area contributed by atoms with Gasteiger partial charge in [-0.25, -0.2) is 4.39 Å². The van der Waals surface area contributed by atoms with Gasteiger partial charge in [0, 0.05) is 6.04 Å². The van der Waals surface area contributed by atoms with Crippen molar-refractivity contribution in [2.75, 3.05) is 6.54 Å². The number of nitrogens with one attached hydrogen (secondary N) is 1. The Bertz CT molecular complexity index is 398. The van der Waals surface area contributed by atoms with Crippen molar-refractivity contribution >= 4 is 0 Å². The van der Waals surface area contributed by atoms with E-state index in [0.29, 0.717) is 12.0 Å². The van der Waals surface area contributed by atoms with Crippen LogP contribution < -0.4 is 5.32 Å². The SMILES string of the molecule is CCNC(c1c(C)cc(F)cc1C)C1CCCCC1. The summed E-state index contributed by atoms with van der Waals surface area (Å²) >= 11 is 0. The van der Waals surface area contributed by atoms with E-state index in [2.05, 4.69) is 12.2 Å². The largest absolute Gasteiger partial charge is 0.310 e. The fourth-order valence-corrected chi connectivity index (χ4v) is 3.60. The van der Waals surface area contributed by atoms with Gasteiger partial charge in [-0.3, -0.25) is 0 Å². The predicted molar refractivity (Wildman–Crippen MR) is 78.9 cm³/mol. The first-order valence-electron chi connectivity index (χ1n) is 7.63. The second-order valence-electron chi connectivity index (χ2n) is 5.89. The van der Waals surface area contributed by atoms with Gasteiger partial charge in [0.2, 0.25) is 0 Å². The molecule has 1 nitrogen and oxygen atoms in total. The summed E-state index contributed by atoms with van der Waals surface area (Å²) in [5.41, 5.74) is 3.51. The van der Waals surface area contributed by atoms with E-state index in [4.69, 9.17) is 0 Å². The Balaban J connectivity index is 2.32. The number of rotatable bonds is 4. The highest BCUT2D eigenvalue weighted by Gasteiger charge is 2.26. The van der Waals surface area contributed by atoms with Gasteiger partial charge in [-0.05, 0) is 68.0 Å². The van der Waals surface area contributed by atoms with Crippen molar-refractivity contribution in [3.63, 3.8) is 0 Å². The number of benzene rings is 1. The molecule has 0 amide bonds. The molecule has 1 unspecified atom stereocenters. The van der Waals surface area contributed by atoms with Crippen LogP contribution in [0.1, 0.15) is 61.8 Å². The zero-order valence-electron chi connectivity index (χ0n) is 12.4. The second kappa shape index (κ2) is 6.51. The van der Waals surface area contributed by atoms with Crippen LogP contribution >= 0.6 is 0 Å². The summed E-state index contributed by atoms with van der Waals surface area (Å²) in [7, 11) is 0. The van der Waals surface area contributed by atoms with Crippen LogP contribution in [0.5, 0.6) is 0 Å². The Hall–Kier alpha value is -0.890. The van der Waals surface area contributed by atoms with Crippen molar-refractivity contribution in [3.05, 3.63) is 34.6 Å². The summed E-state index contributed by atoms with van der Waals surface area (Å²) in [6.45, 7) is 7.21. The normalized spacial score (nSPS) is 18.5. The molecule has 0 saturated heterocycles. The number of hydrogen-bond donors (Lipinski definition) is 1. The van der Waals surface area contributed by atoms with Gasteiger partial charge in [0.25, 0.3) is 0 Å². The minimum absolute atomic E-state index is 0.113. The molecule has 0 spiro atoms. The third-order valence-electron chi connectivity index (χ3n) is 4.41. The predicted octanol–water partition coefficient (Wildman–Crippen LogP) is 4.67. The summed E-state index contributed by atoms with van der Waals surface area (Å²) in [6.07, 6.45) is 6.65. The van der Waals surface area contributed by atoms with Crippen LogP contribution in [0.2, 0.25) is 0 Å². The van der Waals surface area contributed by atoms with Gasteiger partial charge in [-0.2, -0.15) is 0 Å². The number of hydrogen-bond acceptors (Lipinski definition) is 1. The Morgan fingerprint density at radius 1 is 1.16 bits per heavy atom. The van der Waals surface area contributed by atoms with Crippen molar-refractivity contribution in [3.8, 4) is 0 Å². The van der Waals surface area contributed by atoms with Crippen molar-refractivity contribution < 1.29 is 4.39 Å². The molecule has 1 fully saturated rings. The van der Waals surface area contributed by atoms with Crippen molar-refractivity contribution in [1.29, 1.82) is 0 Å². The summed E-state index contributed by atoms with van der Waals surface area (Å²) < 4.78 is 13.5. The molecule has 0 radical (unpaired) electrons. The summed E-state index contributed by atoms with van der Waals surface area (Å²) in [5.74, 6) is 0.592. The van der Waals surface area contributed by atoms with Gasteiger partial charge in [-0.15, -0.1) is 0 Å². The fourth-order valence-electron chi connectivity index (χ4n) is 3.60. The molecule has 0 heterocycles. The first kappa shape index (κ1) is 14.5. The monoisotopic (exact) mass is 263 g/mol. The number of halogens is 1. The molecule has 0 aromatic heterocycles. The van der Waals surface area contributed by atoms with Gasteiger partial charge < -0.3 is 5.32 Å². The Morgan fingerprint density at radius 3 is 2.26 bits per heavy atom. The van der Waals surface area contributed by atoms with Crippen LogP contribution in [-0.2, 0) is 0 Å². The molecular weight excluding hydrogens is 237 g/mol. The Kier molecular flexibility index (Phi) is 4.98. The van der Waals surface area contributed by atoms with Crippen molar-refractivity contribution in [2.45, 2.75) is 58.9 Å². The second-order valence-corrected chi connectivity index (χ2v) is 5.89. The molecule has 0 bridgehead atoms. The molecule has 0 aliphatic heterocycles. The lowest BCUT2D eigenvalue weighted by Gasteiger charge is -2.33. The minimum Gasteiger partial charge on any atom is -0.310 e. The van der Waals surface area contributed by atoms with Crippen LogP contribution in [0.4, 0.5) is 4.39 Å². The molecule has 1 atom stereocenters. The highest BCUT2D eigenvalue weighted by molar-refractivity contribution is 5.37. The summed E-state index contributed by atoms with van der Waals surface area (Å²) in [6, 6.07) is 3.75. The molecule has 1 saturated carbocycles. The first-order chi connectivity index (χ1) is 9.13. The topological polar surface area (TPSA) is 12.0 Å². The van der Waals surface area contributed by atoms with Crippen LogP contribution in [0.25, 0.3) is 0 Å². The van der Waals surface area contributed by atoms with E-state index >= 15 is 0 Å². The van der Waals surface area contributed by atoms with Gasteiger partial charge in [0.05, 0.1) is 0 Å². The lowest BCUT2D eigenvalue weighted by Crippen LogP contribution is -2.31. The zero-order chi connectivity index (χ0) is 13.8. The van der Waals surface area contributed by atoms with E-state index in [1.165, 1.54) is 37.7 Å². The summed E-state index contributed by atoms with van der Waals surface area (Å²) in [4.78, 5) is 0. The lowest BCUT2D eigenvalue weighted by atomic mass is 9.79. The summed E-state index contributed by atoms with van der Waals surface area (Å²) in [5, 5.41) is 3.65. The van der Waals surface area contributed by atoms with Crippen LogP contribution in [0.3, 0.4) is 0 Å². The van der Waals surface area contributed by atoms with Gasteiger partial charge >= 0.3 is 0 Å². The van der Waals surface area contributed by atoms with E-state index in [9.17, 15) is 4.39 Å². The molecular formula is C17H26FN. The highest BCUT2D eigenvalue weighted by atomic mass is 19.1. The molecule has 19 heavy (non-hydrogen) atoms. The maximum absolute atomic E-state index is 13.5. The van der Waals surface area contributed by atoms with Crippen LogP contribution in [0, 0.1) is 25.6 Å². The smallest absolute Gasteiger partial charge is 0.123 e. The van der Waals surface area contributed by atoms with E-state index in [1.54, 1.807) is 12.1 Å². The van der Waals surface area contributed by atoms with E-state index in [0.717, 1.165) is 17.7 Å². The Morgan fingerprint density at radius 2 is 1.74 bits per heavy atom. The fraction of sp³-hybridized carbons (Fsp3) is 0.647. The van der Waals surface area contributed by atoms with Crippen LogP contribution in [0.15, 0.2) is 12.1 Å². The lowest BCUT2D eigenvalue weighted by molar-refractivity contribution is 0.273. The van der Waals surface area contributed by atoms with Gasteiger partial charge in [-0.1, -0.05) is 26.2 Å². The van der Waals surface area contributed by atoms with E-state index in [-0.39, 0.29) is 5.82 Å². The van der Waals surface area contributed by atoms with E-state index < -0.39 is 0 Å². The van der Waals surface area contributed by atoms with E-state index in [1.807, 2.05) is 13.8 Å². The maximum Gasteiger partial charge on any atom is 0.123 e. The Labute approximate surface area is 116 Å². The zero-order valence-corrected chi connectivity index (χ0v) is 12.4.